The molecule has 0 bridgehead atoms. The Morgan fingerprint density at radius 1 is 1.50 bits per heavy atom. The fraction of sp³-hybridized carbons (Fsp3) is 0.417. The molecule has 3 rings (SSSR count). The van der Waals surface area contributed by atoms with E-state index >= 15 is 0 Å². The molecule has 0 atom stereocenters. The molecule has 3 N–H and O–H groups in total. The highest BCUT2D eigenvalue weighted by molar-refractivity contribution is 5.92. The van der Waals surface area contributed by atoms with Gasteiger partial charge in [0.1, 0.15) is 23.9 Å². The third kappa shape index (κ3) is 1.69. The minimum Gasteiger partial charge on any atom is -0.388 e. The molecule has 1 aliphatic rings. The van der Waals surface area contributed by atoms with Crippen molar-refractivity contribution in [3.05, 3.63) is 18.1 Å². The Labute approximate surface area is 104 Å². The van der Waals surface area contributed by atoms with E-state index in [1.165, 1.54) is 6.33 Å². The van der Waals surface area contributed by atoms with Gasteiger partial charge in [-0.2, -0.15) is 5.26 Å². The van der Waals surface area contributed by atoms with Gasteiger partial charge in [0.25, 0.3) is 0 Å². The van der Waals surface area contributed by atoms with Crippen LogP contribution in [0, 0.1) is 11.3 Å². The summed E-state index contributed by atoms with van der Waals surface area (Å²) in [4.78, 5) is 11.1. The number of nitrogens with zero attached hydrogens (tertiary/aromatic N) is 3. The molecule has 2 aromatic rings. The fourth-order valence-corrected chi connectivity index (χ4v) is 2.19. The number of aromatic nitrogens is 3. The number of H-pyrrole nitrogens is 1. The minimum atomic E-state index is -0.625. The van der Waals surface area contributed by atoms with Crippen LogP contribution in [0.2, 0.25) is 0 Å². The van der Waals surface area contributed by atoms with Gasteiger partial charge in [-0.15, -0.1) is 0 Å². The number of nitriles is 1. The molecule has 2 aromatic heterocycles. The third-order valence-electron chi connectivity index (χ3n) is 3.46. The Bertz CT molecular complexity index is 623. The zero-order valence-electron chi connectivity index (χ0n) is 9.77. The summed E-state index contributed by atoms with van der Waals surface area (Å²) >= 11 is 0. The lowest BCUT2D eigenvalue weighted by Crippen LogP contribution is -2.43. The first-order valence-corrected chi connectivity index (χ1v) is 5.90. The van der Waals surface area contributed by atoms with Crippen molar-refractivity contribution in [2.75, 3.05) is 11.9 Å². The first kappa shape index (κ1) is 11.0. The van der Waals surface area contributed by atoms with E-state index in [1.54, 1.807) is 6.20 Å². The predicted octanol–water partition coefficient (Wildman–Crippen LogP) is 1.16. The number of nitrogens with one attached hydrogen (secondary N) is 2. The normalized spacial score (nSPS) is 17.1. The molecule has 2 heterocycles. The van der Waals surface area contributed by atoms with Gasteiger partial charge in [-0.1, -0.05) is 0 Å². The summed E-state index contributed by atoms with van der Waals surface area (Å²) in [5.41, 5.74) is 0.513. The van der Waals surface area contributed by atoms with Gasteiger partial charge >= 0.3 is 0 Å². The highest BCUT2D eigenvalue weighted by Gasteiger charge is 2.34. The van der Waals surface area contributed by atoms with E-state index in [9.17, 15) is 5.11 Å². The number of hydrogen-bond donors (Lipinski definition) is 3. The zero-order chi connectivity index (χ0) is 12.6. The summed E-state index contributed by atoms with van der Waals surface area (Å²) in [6, 6.07) is 2.10. The van der Waals surface area contributed by atoms with Crippen molar-refractivity contribution in [2.24, 2.45) is 0 Å². The smallest absolute Gasteiger partial charge is 0.144 e. The average molecular weight is 243 g/mol. The maximum absolute atomic E-state index is 10.0. The van der Waals surface area contributed by atoms with E-state index < -0.39 is 5.60 Å². The summed E-state index contributed by atoms with van der Waals surface area (Å²) in [6.07, 6.45) is 5.74. The van der Waals surface area contributed by atoms with E-state index in [0.717, 1.165) is 19.3 Å². The predicted molar refractivity (Wildman–Crippen MR) is 65.9 cm³/mol. The number of anilines is 1. The molecule has 1 fully saturated rings. The van der Waals surface area contributed by atoms with Gasteiger partial charge in [0.2, 0.25) is 0 Å². The van der Waals surface area contributed by atoms with E-state index in [-0.39, 0.29) is 0 Å². The maximum atomic E-state index is 10.0. The van der Waals surface area contributed by atoms with Crippen LogP contribution >= 0.6 is 0 Å². The molecule has 0 aromatic carbocycles. The molecular weight excluding hydrogens is 230 g/mol. The minimum absolute atomic E-state index is 0.454. The number of fused-ring (bicyclic) bond motifs is 1. The quantitative estimate of drug-likeness (QED) is 0.751. The SMILES string of the molecule is N#Cc1c[nH]c2ncnc(NCC3(O)CCC3)c12. The van der Waals surface area contributed by atoms with E-state index in [4.69, 9.17) is 5.26 Å². The van der Waals surface area contributed by atoms with Crippen molar-refractivity contribution in [3.63, 3.8) is 0 Å². The molecule has 0 aliphatic heterocycles. The van der Waals surface area contributed by atoms with Crippen LogP contribution in [0.15, 0.2) is 12.5 Å². The Morgan fingerprint density at radius 2 is 2.33 bits per heavy atom. The molecule has 0 saturated heterocycles. The van der Waals surface area contributed by atoms with Crippen molar-refractivity contribution < 1.29 is 5.11 Å². The van der Waals surface area contributed by atoms with Crippen LogP contribution in [-0.4, -0.2) is 32.2 Å². The molecular formula is C12H13N5O. The van der Waals surface area contributed by atoms with Crippen LogP contribution in [0.5, 0.6) is 0 Å². The van der Waals surface area contributed by atoms with Gasteiger partial charge in [0.05, 0.1) is 16.6 Å². The Kier molecular flexibility index (Phi) is 2.42. The van der Waals surface area contributed by atoms with Crippen LogP contribution in [0.1, 0.15) is 24.8 Å². The largest absolute Gasteiger partial charge is 0.388 e. The molecule has 6 nitrogen and oxygen atoms in total. The van der Waals surface area contributed by atoms with Gasteiger partial charge in [-0.25, -0.2) is 9.97 Å². The lowest BCUT2D eigenvalue weighted by molar-refractivity contribution is -0.0202. The Hall–Kier alpha value is -2.13. The lowest BCUT2D eigenvalue weighted by atomic mass is 9.80. The Morgan fingerprint density at radius 3 is 3.00 bits per heavy atom. The van der Waals surface area contributed by atoms with Crippen LogP contribution in [0.4, 0.5) is 5.82 Å². The van der Waals surface area contributed by atoms with Gasteiger partial charge in [0, 0.05) is 12.7 Å². The van der Waals surface area contributed by atoms with Crippen molar-refractivity contribution in [2.45, 2.75) is 24.9 Å². The van der Waals surface area contributed by atoms with Crippen molar-refractivity contribution in [3.8, 4) is 6.07 Å². The van der Waals surface area contributed by atoms with Crippen LogP contribution in [0.25, 0.3) is 11.0 Å². The Balaban J connectivity index is 1.91. The lowest BCUT2D eigenvalue weighted by Gasteiger charge is -2.36. The maximum Gasteiger partial charge on any atom is 0.144 e. The van der Waals surface area contributed by atoms with Gasteiger partial charge in [-0.05, 0) is 19.3 Å². The standard InChI is InChI=1S/C12H13N5O/c13-4-8-5-14-10-9(8)11(17-7-16-10)15-6-12(18)2-1-3-12/h5,7,18H,1-3,6H2,(H2,14,15,16,17). The molecule has 0 spiro atoms. The molecule has 0 amide bonds. The van der Waals surface area contributed by atoms with E-state index in [0.29, 0.717) is 29.0 Å². The summed E-state index contributed by atoms with van der Waals surface area (Å²) in [6.45, 7) is 0.454. The summed E-state index contributed by atoms with van der Waals surface area (Å²) in [7, 11) is 0. The second-order valence-corrected chi connectivity index (χ2v) is 4.69. The first-order valence-electron chi connectivity index (χ1n) is 5.90. The van der Waals surface area contributed by atoms with Crippen molar-refractivity contribution >= 4 is 16.9 Å². The topological polar surface area (TPSA) is 97.6 Å². The highest BCUT2D eigenvalue weighted by Crippen LogP contribution is 2.32. The van der Waals surface area contributed by atoms with Gasteiger partial charge in [-0.3, -0.25) is 0 Å². The summed E-state index contributed by atoms with van der Waals surface area (Å²) in [5.74, 6) is 0.595. The molecule has 1 aliphatic carbocycles. The van der Waals surface area contributed by atoms with Crippen LogP contribution in [-0.2, 0) is 0 Å². The number of aromatic amines is 1. The van der Waals surface area contributed by atoms with Crippen molar-refractivity contribution in [1.82, 2.24) is 15.0 Å². The van der Waals surface area contributed by atoms with Crippen molar-refractivity contribution in [1.29, 1.82) is 5.26 Å². The monoisotopic (exact) mass is 243 g/mol. The van der Waals surface area contributed by atoms with E-state index in [2.05, 4.69) is 26.3 Å². The molecule has 1 saturated carbocycles. The second-order valence-electron chi connectivity index (χ2n) is 4.69. The summed E-state index contributed by atoms with van der Waals surface area (Å²) in [5, 5.41) is 22.9. The summed E-state index contributed by atoms with van der Waals surface area (Å²) < 4.78 is 0. The van der Waals surface area contributed by atoms with Crippen LogP contribution in [0.3, 0.4) is 0 Å². The second kappa shape index (κ2) is 3.96. The van der Waals surface area contributed by atoms with Gasteiger partial charge in [0.15, 0.2) is 0 Å². The molecule has 92 valence electrons. The van der Waals surface area contributed by atoms with Crippen LogP contribution < -0.4 is 5.32 Å². The zero-order valence-corrected chi connectivity index (χ0v) is 9.77. The molecule has 0 unspecified atom stereocenters. The highest BCUT2D eigenvalue weighted by atomic mass is 16.3. The average Bonchev–Trinajstić information content (AvgIpc) is 2.77. The van der Waals surface area contributed by atoms with E-state index in [1.807, 2.05) is 0 Å². The molecule has 0 radical (unpaired) electrons. The third-order valence-corrected chi connectivity index (χ3v) is 3.46. The first-order chi connectivity index (χ1) is 8.72. The molecule has 6 heteroatoms. The number of rotatable bonds is 3. The fourth-order valence-electron chi connectivity index (χ4n) is 2.19. The number of hydrogen-bond acceptors (Lipinski definition) is 5. The number of aliphatic hydroxyl groups is 1. The van der Waals surface area contributed by atoms with Gasteiger partial charge < -0.3 is 15.4 Å². The molecule has 18 heavy (non-hydrogen) atoms.